The van der Waals surface area contributed by atoms with Gasteiger partial charge in [0.2, 0.25) is 0 Å². The first-order valence-corrected chi connectivity index (χ1v) is 6.28. The van der Waals surface area contributed by atoms with Gasteiger partial charge in [-0.2, -0.15) is 5.26 Å². The average Bonchev–Trinajstić information content (AvgIpc) is 2.52. The summed E-state index contributed by atoms with van der Waals surface area (Å²) in [5, 5.41) is 25.1. The molecule has 0 bridgehead atoms. The fourth-order valence-corrected chi connectivity index (χ4v) is 1.78. The van der Waals surface area contributed by atoms with Crippen LogP contribution < -0.4 is 4.90 Å². The van der Waals surface area contributed by atoms with Crippen LogP contribution in [-0.2, 0) is 6.54 Å². The summed E-state index contributed by atoms with van der Waals surface area (Å²) >= 11 is 0. The van der Waals surface area contributed by atoms with Crippen molar-refractivity contribution in [3.8, 4) is 6.07 Å². The van der Waals surface area contributed by atoms with Crippen LogP contribution in [0.2, 0.25) is 0 Å². The minimum atomic E-state index is -1.12. The molecule has 0 aliphatic rings. The summed E-state index contributed by atoms with van der Waals surface area (Å²) in [6.07, 6.45) is 3.76. The number of anilines is 1. The van der Waals surface area contributed by atoms with E-state index in [1.165, 1.54) is 6.07 Å². The molecule has 106 valence electrons. The molecular weight excluding hydrogens is 270 g/mol. The predicted molar refractivity (Wildman–Crippen MR) is 74.5 cm³/mol. The first-order chi connectivity index (χ1) is 10.2. The molecule has 2 aromatic heterocycles. The second kappa shape index (κ2) is 6.96. The number of carbonyl (C=O) groups is 1. The van der Waals surface area contributed by atoms with Gasteiger partial charge < -0.3 is 10.0 Å². The second-order valence-corrected chi connectivity index (χ2v) is 4.27. The Bertz CT molecular complexity index is 637. The summed E-state index contributed by atoms with van der Waals surface area (Å²) in [7, 11) is 0. The summed E-state index contributed by atoms with van der Waals surface area (Å²) < 4.78 is 0. The van der Waals surface area contributed by atoms with Gasteiger partial charge in [0.15, 0.2) is 11.5 Å². The van der Waals surface area contributed by atoms with Crippen LogP contribution in [0.1, 0.15) is 22.5 Å². The molecule has 1 N–H and O–H groups in total. The van der Waals surface area contributed by atoms with Crippen molar-refractivity contribution in [1.82, 2.24) is 15.2 Å². The molecule has 0 atom stereocenters. The quantitative estimate of drug-likeness (QED) is 0.856. The highest BCUT2D eigenvalue weighted by Crippen LogP contribution is 2.14. The normalized spacial score (nSPS) is 9.86. The molecular formula is C14H13N5O2. The summed E-state index contributed by atoms with van der Waals surface area (Å²) in [4.78, 5) is 16.7. The second-order valence-electron chi connectivity index (χ2n) is 4.27. The molecule has 0 aliphatic carbocycles. The molecule has 21 heavy (non-hydrogen) atoms. The van der Waals surface area contributed by atoms with E-state index in [-0.39, 0.29) is 5.69 Å². The number of nitriles is 1. The van der Waals surface area contributed by atoms with E-state index >= 15 is 0 Å². The lowest BCUT2D eigenvalue weighted by molar-refractivity contribution is 0.0689. The van der Waals surface area contributed by atoms with Crippen LogP contribution in [0.4, 0.5) is 5.82 Å². The molecule has 7 nitrogen and oxygen atoms in total. The van der Waals surface area contributed by atoms with E-state index in [4.69, 9.17) is 10.4 Å². The van der Waals surface area contributed by atoms with Crippen molar-refractivity contribution >= 4 is 11.8 Å². The first-order valence-electron chi connectivity index (χ1n) is 6.28. The zero-order chi connectivity index (χ0) is 15.1. The number of carboxylic acid groups (broad SMARTS) is 1. The molecule has 0 fully saturated rings. The largest absolute Gasteiger partial charge is 0.476 e. The Kier molecular flexibility index (Phi) is 4.77. The number of nitrogens with zero attached hydrogens (tertiary/aromatic N) is 5. The van der Waals surface area contributed by atoms with Gasteiger partial charge in [-0.1, -0.05) is 6.07 Å². The molecule has 0 spiro atoms. The highest BCUT2D eigenvalue weighted by molar-refractivity contribution is 5.85. The Morgan fingerprint density at radius 3 is 2.76 bits per heavy atom. The van der Waals surface area contributed by atoms with E-state index in [9.17, 15) is 4.79 Å². The molecule has 0 unspecified atom stereocenters. The zero-order valence-electron chi connectivity index (χ0n) is 11.2. The SMILES string of the molecule is N#CCCN(Cc1cccnc1)c1ccc(C(=O)O)nn1. The maximum absolute atomic E-state index is 10.8. The van der Waals surface area contributed by atoms with E-state index in [0.29, 0.717) is 25.3 Å². The minimum absolute atomic E-state index is 0.111. The van der Waals surface area contributed by atoms with Crippen LogP contribution >= 0.6 is 0 Å². The topological polar surface area (TPSA) is 103 Å². The average molecular weight is 283 g/mol. The standard InChI is InChI=1S/C14H13N5O2/c15-6-2-8-19(10-11-3-1-7-16-9-11)13-5-4-12(14(20)21)17-18-13/h1,3-5,7,9H,2,8,10H2,(H,20,21). The van der Waals surface area contributed by atoms with Crippen LogP contribution in [0.3, 0.4) is 0 Å². The molecule has 0 radical (unpaired) electrons. The van der Waals surface area contributed by atoms with E-state index in [0.717, 1.165) is 5.56 Å². The van der Waals surface area contributed by atoms with Gasteiger partial charge >= 0.3 is 5.97 Å². The lowest BCUT2D eigenvalue weighted by atomic mass is 10.2. The summed E-state index contributed by atoms with van der Waals surface area (Å²) in [6, 6.07) is 8.82. The molecule has 0 saturated heterocycles. The van der Waals surface area contributed by atoms with Crippen molar-refractivity contribution in [3.05, 3.63) is 47.9 Å². The molecule has 2 rings (SSSR count). The van der Waals surface area contributed by atoms with Gasteiger partial charge in [-0.25, -0.2) is 4.79 Å². The highest BCUT2D eigenvalue weighted by atomic mass is 16.4. The van der Waals surface area contributed by atoms with Crippen LogP contribution in [0.5, 0.6) is 0 Å². The Morgan fingerprint density at radius 1 is 1.33 bits per heavy atom. The van der Waals surface area contributed by atoms with E-state index in [2.05, 4.69) is 21.3 Å². The maximum atomic E-state index is 10.8. The number of pyridine rings is 1. The molecule has 0 saturated carbocycles. The maximum Gasteiger partial charge on any atom is 0.356 e. The van der Waals surface area contributed by atoms with Crippen molar-refractivity contribution in [2.75, 3.05) is 11.4 Å². The van der Waals surface area contributed by atoms with Gasteiger partial charge in [-0.05, 0) is 23.8 Å². The fourth-order valence-electron chi connectivity index (χ4n) is 1.78. The number of aromatic carboxylic acids is 1. The third-order valence-electron chi connectivity index (χ3n) is 2.78. The first kappa shape index (κ1) is 14.4. The molecule has 0 amide bonds. The Morgan fingerprint density at radius 2 is 2.19 bits per heavy atom. The lowest BCUT2D eigenvalue weighted by Crippen LogP contribution is -2.25. The minimum Gasteiger partial charge on any atom is -0.476 e. The fraction of sp³-hybridized carbons (Fsp3) is 0.214. The van der Waals surface area contributed by atoms with Gasteiger partial charge in [-0.3, -0.25) is 4.98 Å². The van der Waals surface area contributed by atoms with Crippen LogP contribution in [0.15, 0.2) is 36.7 Å². The molecule has 2 aromatic rings. The van der Waals surface area contributed by atoms with Gasteiger partial charge in [-0.15, -0.1) is 10.2 Å². The Balaban J connectivity index is 2.19. The predicted octanol–water partition coefficient (Wildman–Crippen LogP) is 1.49. The van der Waals surface area contributed by atoms with Crippen molar-refractivity contribution in [3.63, 3.8) is 0 Å². The molecule has 2 heterocycles. The van der Waals surface area contributed by atoms with E-state index in [1.807, 2.05) is 17.0 Å². The van der Waals surface area contributed by atoms with Gasteiger partial charge in [0, 0.05) is 25.5 Å². The summed E-state index contributed by atoms with van der Waals surface area (Å²) in [5.74, 6) is -0.594. The van der Waals surface area contributed by atoms with Crippen molar-refractivity contribution < 1.29 is 9.90 Å². The molecule has 0 aromatic carbocycles. The van der Waals surface area contributed by atoms with E-state index < -0.39 is 5.97 Å². The van der Waals surface area contributed by atoms with Crippen molar-refractivity contribution in [2.24, 2.45) is 0 Å². The van der Waals surface area contributed by atoms with Crippen LogP contribution in [0.25, 0.3) is 0 Å². The van der Waals surface area contributed by atoms with Gasteiger partial charge in [0.1, 0.15) is 0 Å². The summed E-state index contributed by atoms with van der Waals surface area (Å²) in [5.41, 5.74) is 0.861. The van der Waals surface area contributed by atoms with Crippen LogP contribution in [-0.4, -0.2) is 32.8 Å². The van der Waals surface area contributed by atoms with Gasteiger partial charge in [0.05, 0.1) is 12.5 Å². The zero-order valence-corrected chi connectivity index (χ0v) is 11.2. The van der Waals surface area contributed by atoms with Crippen LogP contribution in [0, 0.1) is 11.3 Å². The Labute approximate surface area is 121 Å². The molecule has 0 aliphatic heterocycles. The highest BCUT2D eigenvalue weighted by Gasteiger charge is 2.11. The smallest absolute Gasteiger partial charge is 0.356 e. The monoisotopic (exact) mass is 283 g/mol. The lowest BCUT2D eigenvalue weighted by Gasteiger charge is -2.22. The van der Waals surface area contributed by atoms with E-state index in [1.54, 1.807) is 18.5 Å². The Hall–Kier alpha value is -3.01. The molecule has 7 heteroatoms. The number of rotatable bonds is 6. The third-order valence-corrected chi connectivity index (χ3v) is 2.78. The number of hydrogen-bond donors (Lipinski definition) is 1. The van der Waals surface area contributed by atoms with Crippen molar-refractivity contribution in [2.45, 2.75) is 13.0 Å². The number of carboxylic acids is 1. The number of aromatic nitrogens is 3. The third kappa shape index (κ3) is 3.98. The number of hydrogen-bond acceptors (Lipinski definition) is 6. The summed E-state index contributed by atoms with van der Waals surface area (Å²) in [6.45, 7) is 1.00. The van der Waals surface area contributed by atoms with Gasteiger partial charge in [0.25, 0.3) is 0 Å². The van der Waals surface area contributed by atoms with Crippen molar-refractivity contribution in [1.29, 1.82) is 5.26 Å².